The highest BCUT2D eigenvalue weighted by atomic mass is 32.2. The fourth-order valence-corrected chi connectivity index (χ4v) is 3.99. The third-order valence-electron chi connectivity index (χ3n) is 4.02. The lowest BCUT2D eigenvalue weighted by Gasteiger charge is -2.11. The molecule has 0 saturated carbocycles. The van der Waals surface area contributed by atoms with Crippen LogP contribution in [0.2, 0.25) is 0 Å². The molecule has 13 heteroatoms. The number of hydrogen-bond acceptors (Lipinski definition) is 8. The maximum atomic E-state index is 12.5. The van der Waals surface area contributed by atoms with Gasteiger partial charge in [0, 0.05) is 6.08 Å². The Kier molecular flexibility index (Phi) is 7.03. The van der Waals surface area contributed by atoms with Gasteiger partial charge in [0.25, 0.3) is 0 Å². The van der Waals surface area contributed by atoms with Crippen LogP contribution in [-0.2, 0) is 21.1 Å². The molecule has 0 saturated heterocycles. The van der Waals surface area contributed by atoms with Crippen molar-refractivity contribution in [3.63, 3.8) is 0 Å². The van der Waals surface area contributed by atoms with Crippen molar-refractivity contribution in [3.8, 4) is 11.5 Å². The summed E-state index contributed by atoms with van der Waals surface area (Å²) in [6.07, 6.45) is -2.24. The van der Waals surface area contributed by atoms with Crippen LogP contribution in [0.4, 0.5) is 18.3 Å². The number of nitrogens with one attached hydrogen (secondary N) is 1. The number of amides is 1. The molecule has 1 N–H and O–H groups in total. The van der Waals surface area contributed by atoms with Crippen LogP contribution in [-0.4, -0.2) is 31.6 Å². The summed E-state index contributed by atoms with van der Waals surface area (Å²) in [5.74, 6) is -0.707. The summed E-state index contributed by atoms with van der Waals surface area (Å²) in [6, 6.07) is 10.4. The van der Waals surface area contributed by atoms with Gasteiger partial charge in [-0.15, -0.1) is 10.2 Å². The number of halogens is 3. The molecule has 0 unspecified atom stereocenters. The van der Waals surface area contributed by atoms with Crippen molar-refractivity contribution in [1.82, 2.24) is 10.2 Å². The molecule has 0 aliphatic carbocycles. The number of methoxy groups -OCH3 is 1. The normalized spacial score (nSPS) is 12.0. The minimum atomic E-state index is -4.65. The van der Waals surface area contributed by atoms with Crippen LogP contribution in [0.5, 0.6) is 11.5 Å². The molecule has 2 aromatic carbocycles. The number of aromatic nitrogens is 2. The van der Waals surface area contributed by atoms with E-state index in [2.05, 4.69) is 15.5 Å². The van der Waals surface area contributed by atoms with E-state index < -0.39 is 27.2 Å². The fraction of sp³-hybridized carbons (Fsp3) is 0.150. The molecule has 3 aromatic rings. The predicted octanol–water partition coefficient (Wildman–Crippen LogP) is 4.29. The monoisotopic (exact) mass is 499 g/mol. The number of anilines is 1. The van der Waals surface area contributed by atoms with E-state index in [0.29, 0.717) is 5.56 Å². The molecule has 3 rings (SSSR count). The molecule has 1 amide bonds. The zero-order valence-corrected chi connectivity index (χ0v) is 18.7. The van der Waals surface area contributed by atoms with Crippen molar-refractivity contribution in [3.05, 3.63) is 64.7 Å². The Bertz CT molecular complexity index is 1290. The van der Waals surface area contributed by atoms with E-state index in [-0.39, 0.29) is 32.9 Å². The van der Waals surface area contributed by atoms with E-state index >= 15 is 0 Å². The highest BCUT2D eigenvalue weighted by Crippen LogP contribution is 2.33. The molecule has 0 aliphatic rings. The molecule has 0 spiro atoms. The van der Waals surface area contributed by atoms with E-state index in [9.17, 15) is 26.4 Å². The number of nitrogens with zero attached hydrogens (tertiary/aromatic N) is 2. The number of carbonyl (C=O) groups is 1. The lowest BCUT2D eigenvalue weighted by molar-refractivity contribution is -0.138. The van der Waals surface area contributed by atoms with Crippen LogP contribution in [0.15, 0.2) is 53.4 Å². The second-order valence-electron chi connectivity index (χ2n) is 6.49. The van der Waals surface area contributed by atoms with Crippen molar-refractivity contribution < 1.29 is 35.3 Å². The Balaban J connectivity index is 1.71. The van der Waals surface area contributed by atoms with Crippen molar-refractivity contribution in [2.24, 2.45) is 0 Å². The van der Waals surface area contributed by atoms with Gasteiger partial charge in [-0.3, -0.25) is 10.1 Å². The Hall–Kier alpha value is -3.45. The van der Waals surface area contributed by atoms with Gasteiger partial charge in [-0.25, -0.2) is 0 Å². The molecular formula is C20H16F3N3O5S2. The van der Waals surface area contributed by atoms with Crippen LogP contribution in [0.1, 0.15) is 16.1 Å². The van der Waals surface area contributed by atoms with Gasteiger partial charge in [0.2, 0.25) is 16.0 Å². The van der Waals surface area contributed by atoms with Gasteiger partial charge in [-0.1, -0.05) is 35.1 Å². The van der Waals surface area contributed by atoms with E-state index in [1.165, 1.54) is 43.5 Å². The highest BCUT2D eigenvalue weighted by molar-refractivity contribution is 7.87. The van der Waals surface area contributed by atoms with Crippen LogP contribution in [0.25, 0.3) is 6.08 Å². The molecule has 0 aliphatic heterocycles. The smallest absolute Gasteiger partial charge is 0.445 e. The second-order valence-corrected chi connectivity index (χ2v) is 9.02. The lowest BCUT2D eigenvalue weighted by atomic mass is 10.2. The van der Waals surface area contributed by atoms with E-state index in [1.54, 1.807) is 12.1 Å². The molecule has 0 atom stereocenters. The Morgan fingerprint density at radius 3 is 2.39 bits per heavy atom. The van der Waals surface area contributed by atoms with Crippen molar-refractivity contribution in [1.29, 1.82) is 0 Å². The van der Waals surface area contributed by atoms with Gasteiger partial charge in [0.1, 0.15) is 4.90 Å². The first-order chi connectivity index (χ1) is 15.5. The average Bonchev–Trinajstić information content (AvgIpc) is 3.22. The first-order valence-electron chi connectivity index (χ1n) is 9.07. The largest absolute Gasteiger partial charge is 0.493 e. The molecule has 1 aromatic heterocycles. The molecule has 1 heterocycles. The topological polar surface area (TPSA) is 107 Å². The van der Waals surface area contributed by atoms with E-state index in [0.717, 1.165) is 11.6 Å². The molecular weight excluding hydrogens is 483 g/mol. The van der Waals surface area contributed by atoms with Crippen molar-refractivity contribution in [2.45, 2.75) is 18.0 Å². The van der Waals surface area contributed by atoms with Gasteiger partial charge in [-0.05, 0) is 42.8 Å². The van der Waals surface area contributed by atoms with Gasteiger partial charge in [-0.2, -0.15) is 21.6 Å². The number of ether oxygens (including phenoxy) is 1. The Labute approximate surface area is 190 Å². The Morgan fingerprint density at radius 1 is 1.09 bits per heavy atom. The summed E-state index contributed by atoms with van der Waals surface area (Å²) in [4.78, 5) is 11.9. The fourth-order valence-electron chi connectivity index (χ4n) is 2.44. The number of alkyl halides is 3. The molecule has 0 bridgehead atoms. The standard InChI is InChI=1S/C20H16F3N3O5S2/c1-12-3-7-14(8-4-12)33(28,29)31-15-9-5-13(11-16(15)30-2)6-10-17(27)24-19-26-25-18(32-19)20(21,22)23/h3-11H,1-2H3,(H,24,26,27)/b10-6+. The predicted molar refractivity (Wildman–Crippen MR) is 115 cm³/mol. The van der Waals surface area contributed by atoms with E-state index in [4.69, 9.17) is 8.92 Å². The maximum Gasteiger partial charge on any atom is 0.445 e. The maximum absolute atomic E-state index is 12.5. The van der Waals surface area contributed by atoms with Gasteiger partial charge >= 0.3 is 16.3 Å². The zero-order valence-electron chi connectivity index (χ0n) is 17.1. The first kappa shape index (κ1) is 24.2. The summed E-state index contributed by atoms with van der Waals surface area (Å²) in [5, 5.41) is 6.94. The molecule has 33 heavy (non-hydrogen) atoms. The molecule has 8 nitrogen and oxygen atoms in total. The number of rotatable bonds is 7. The molecule has 0 radical (unpaired) electrons. The molecule has 174 valence electrons. The van der Waals surface area contributed by atoms with Crippen LogP contribution < -0.4 is 14.2 Å². The zero-order chi connectivity index (χ0) is 24.2. The Morgan fingerprint density at radius 2 is 1.79 bits per heavy atom. The minimum Gasteiger partial charge on any atom is -0.493 e. The van der Waals surface area contributed by atoms with Crippen LogP contribution in [0, 0.1) is 6.92 Å². The van der Waals surface area contributed by atoms with Gasteiger partial charge in [0.15, 0.2) is 11.5 Å². The summed E-state index contributed by atoms with van der Waals surface area (Å²) >= 11 is 0.195. The van der Waals surface area contributed by atoms with Crippen LogP contribution >= 0.6 is 11.3 Å². The number of benzene rings is 2. The summed E-state index contributed by atoms with van der Waals surface area (Å²) < 4.78 is 73.0. The quantitative estimate of drug-likeness (QED) is 0.382. The van der Waals surface area contributed by atoms with Gasteiger partial charge in [0.05, 0.1) is 7.11 Å². The number of hydrogen-bond donors (Lipinski definition) is 1. The lowest BCUT2D eigenvalue weighted by Crippen LogP contribution is -2.10. The third kappa shape index (κ3) is 6.29. The average molecular weight is 499 g/mol. The number of aryl methyl sites for hydroxylation is 1. The third-order valence-corrected chi connectivity index (χ3v) is 6.15. The molecule has 0 fully saturated rings. The minimum absolute atomic E-state index is 0.0267. The van der Waals surface area contributed by atoms with Crippen LogP contribution in [0.3, 0.4) is 0 Å². The highest BCUT2D eigenvalue weighted by Gasteiger charge is 2.35. The SMILES string of the molecule is COc1cc(/C=C/C(=O)Nc2nnc(C(F)(F)F)s2)ccc1OS(=O)(=O)c1ccc(C)cc1. The van der Waals surface area contributed by atoms with E-state index in [1.807, 2.05) is 6.92 Å². The summed E-state index contributed by atoms with van der Waals surface area (Å²) in [6.45, 7) is 1.82. The summed E-state index contributed by atoms with van der Waals surface area (Å²) in [5.41, 5.74) is 1.33. The summed E-state index contributed by atoms with van der Waals surface area (Å²) in [7, 11) is -2.78. The van der Waals surface area contributed by atoms with Crippen molar-refractivity contribution in [2.75, 3.05) is 12.4 Å². The van der Waals surface area contributed by atoms with Crippen molar-refractivity contribution >= 4 is 38.6 Å². The first-order valence-corrected chi connectivity index (χ1v) is 11.3. The van der Waals surface area contributed by atoms with Gasteiger partial charge < -0.3 is 8.92 Å². The number of carbonyl (C=O) groups excluding carboxylic acids is 1. The second kappa shape index (κ2) is 9.58.